The number of rotatable bonds is 2. The van der Waals surface area contributed by atoms with Crippen molar-refractivity contribution < 1.29 is 9.21 Å². The summed E-state index contributed by atoms with van der Waals surface area (Å²) in [4.78, 5) is 20.2. The maximum atomic E-state index is 12.4. The van der Waals surface area contributed by atoms with Crippen molar-refractivity contribution in [3.8, 4) is 10.6 Å². The summed E-state index contributed by atoms with van der Waals surface area (Å²) in [7, 11) is 0. The second-order valence-corrected chi connectivity index (χ2v) is 6.79. The Morgan fingerprint density at radius 3 is 2.83 bits per heavy atom. The van der Waals surface area contributed by atoms with Gasteiger partial charge in [0.15, 0.2) is 5.76 Å². The van der Waals surface area contributed by atoms with Crippen LogP contribution in [0.25, 0.3) is 10.6 Å². The summed E-state index contributed by atoms with van der Waals surface area (Å²) in [6.07, 6.45) is 2.33. The Morgan fingerprint density at radius 1 is 1.26 bits per heavy atom. The van der Waals surface area contributed by atoms with Gasteiger partial charge in [0.05, 0.1) is 18.5 Å². The van der Waals surface area contributed by atoms with E-state index in [4.69, 9.17) is 9.40 Å². The third-order valence-corrected chi connectivity index (χ3v) is 5.18. The molecule has 4 rings (SSSR count). The van der Waals surface area contributed by atoms with Gasteiger partial charge in [0, 0.05) is 23.4 Å². The van der Waals surface area contributed by atoms with E-state index in [-0.39, 0.29) is 5.91 Å². The average Bonchev–Trinajstić information content (AvgIpc) is 3.23. The molecule has 4 nitrogen and oxygen atoms in total. The minimum atomic E-state index is -0.0501. The van der Waals surface area contributed by atoms with Gasteiger partial charge < -0.3 is 9.32 Å². The Balaban J connectivity index is 1.58. The number of fused-ring (bicyclic) bond motifs is 1. The van der Waals surface area contributed by atoms with Gasteiger partial charge in [-0.15, -0.1) is 11.3 Å². The number of thiazole rings is 1. The summed E-state index contributed by atoms with van der Waals surface area (Å²) in [5.74, 6) is 0.350. The van der Waals surface area contributed by atoms with E-state index in [2.05, 4.69) is 31.2 Å². The number of benzene rings is 1. The predicted octanol–water partition coefficient (Wildman–Crippen LogP) is 3.91. The van der Waals surface area contributed by atoms with E-state index in [1.54, 1.807) is 23.5 Å². The lowest BCUT2D eigenvalue weighted by Crippen LogP contribution is -2.35. The second-order valence-electron chi connectivity index (χ2n) is 5.71. The van der Waals surface area contributed by atoms with Crippen LogP contribution in [0.15, 0.2) is 47.1 Å². The monoisotopic (exact) mass is 324 g/mol. The zero-order chi connectivity index (χ0) is 15.8. The van der Waals surface area contributed by atoms with Crippen LogP contribution >= 0.6 is 11.3 Å². The molecule has 2 aromatic heterocycles. The summed E-state index contributed by atoms with van der Waals surface area (Å²) in [5, 5.41) is 1.03. The van der Waals surface area contributed by atoms with Crippen molar-refractivity contribution >= 4 is 17.2 Å². The molecule has 0 saturated heterocycles. The number of amides is 1. The highest BCUT2D eigenvalue weighted by Gasteiger charge is 2.26. The molecule has 0 aliphatic carbocycles. The molecule has 1 aliphatic heterocycles. The SMILES string of the molecule is Cc1ccc(-c2nc3c(s2)CN(C(=O)c2ccco2)CC3)cc1. The number of carbonyl (C=O) groups excluding carboxylic acids is 1. The van der Waals surface area contributed by atoms with E-state index in [1.165, 1.54) is 16.7 Å². The van der Waals surface area contributed by atoms with Crippen molar-refractivity contribution in [2.45, 2.75) is 19.9 Å². The smallest absolute Gasteiger partial charge is 0.289 e. The van der Waals surface area contributed by atoms with Crippen LogP contribution in [0, 0.1) is 6.92 Å². The topological polar surface area (TPSA) is 46.3 Å². The van der Waals surface area contributed by atoms with Gasteiger partial charge in [0.2, 0.25) is 0 Å². The fourth-order valence-corrected chi connectivity index (χ4v) is 3.87. The normalized spacial score (nSPS) is 13.9. The van der Waals surface area contributed by atoms with Gasteiger partial charge in [-0.05, 0) is 19.1 Å². The first-order chi connectivity index (χ1) is 11.2. The van der Waals surface area contributed by atoms with Crippen LogP contribution in [0.4, 0.5) is 0 Å². The molecule has 3 aromatic rings. The van der Waals surface area contributed by atoms with Crippen LogP contribution in [0.3, 0.4) is 0 Å². The Kier molecular flexibility index (Phi) is 3.50. The van der Waals surface area contributed by atoms with E-state index in [9.17, 15) is 4.79 Å². The van der Waals surface area contributed by atoms with Gasteiger partial charge in [-0.1, -0.05) is 29.8 Å². The molecular weight excluding hydrogens is 308 g/mol. The molecule has 0 bridgehead atoms. The molecule has 0 radical (unpaired) electrons. The van der Waals surface area contributed by atoms with Crippen molar-refractivity contribution in [3.63, 3.8) is 0 Å². The number of furan rings is 1. The van der Waals surface area contributed by atoms with E-state index in [0.717, 1.165) is 22.7 Å². The van der Waals surface area contributed by atoms with Crippen LogP contribution in [-0.4, -0.2) is 22.3 Å². The lowest BCUT2D eigenvalue weighted by molar-refractivity contribution is 0.0704. The van der Waals surface area contributed by atoms with Gasteiger partial charge in [-0.2, -0.15) is 0 Å². The summed E-state index contributed by atoms with van der Waals surface area (Å²) < 4.78 is 5.22. The molecule has 0 N–H and O–H groups in total. The first-order valence-electron chi connectivity index (χ1n) is 7.59. The van der Waals surface area contributed by atoms with Crippen LogP contribution < -0.4 is 0 Å². The summed E-state index contributed by atoms with van der Waals surface area (Å²) in [6, 6.07) is 11.9. The largest absolute Gasteiger partial charge is 0.459 e. The fraction of sp³-hybridized carbons (Fsp3) is 0.222. The molecule has 0 unspecified atom stereocenters. The average molecular weight is 324 g/mol. The molecule has 0 spiro atoms. The van der Waals surface area contributed by atoms with Gasteiger partial charge in [-0.3, -0.25) is 4.79 Å². The number of aromatic nitrogens is 1. The van der Waals surface area contributed by atoms with Crippen LogP contribution in [0.5, 0.6) is 0 Å². The molecule has 0 saturated carbocycles. The number of carbonyl (C=O) groups is 1. The number of hydrogen-bond donors (Lipinski definition) is 0. The quantitative estimate of drug-likeness (QED) is 0.718. The molecule has 0 fully saturated rings. The van der Waals surface area contributed by atoms with Crippen molar-refractivity contribution in [1.29, 1.82) is 0 Å². The van der Waals surface area contributed by atoms with Crippen molar-refractivity contribution in [2.75, 3.05) is 6.54 Å². The Bertz CT molecular complexity index is 835. The Labute approximate surface area is 138 Å². The van der Waals surface area contributed by atoms with Gasteiger partial charge in [0.1, 0.15) is 5.01 Å². The molecule has 23 heavy (non-hydrogen) atoms. The highest BCUT2D eigenvalue weighted by Crippen LogP contribution is 2.32. The van der Waals surface area contributed by atoms with Gasteiger partial charge >= 0.3 is 0 Å². The van der Waals surface area contributed by atoms with Gasteiger partial charge in [0.25, 0.3) is 5.91 Å². The van der Waals surface area contributed by atoms with Crippen molar-refractivity contribution in [2.24, 2.45) is 0 Å². The van der Waals surface area contributed by atoms with Gasteiger partial charge in [-0.25, -0.2) is 4.98 Å². The number of hydrogen-bond acceptors (Lipinski definition) is 4. The predicted molar refractivity (Wildman–Crippen MR) is 89.4 cm³/mol. The van der Waals surface area contributed by atoms with E-state index < -0.39 is 0 Å². The standard InChI is InChI=1S/C18H16N2O2S/c1-12-4-6-13(7-5-12)17-19-14-8-9-20(11-16(14)23-17)18(21)15-3-2-10-22-15/h2-7,10H,8-9,11H2,1H3. The third-order valence-electron chi connectivity index (χ3n) is 4.05. The lowest BCUT2D eigenvalue weighted by atomic mass is 10.1. The molecule has 5 heteroatoms. The zero-order valence-corrected chi connectivity index (χ0v) is 13.6. The summed E-state index contributed by atoms with van der Waals surface area (Å²) in [6.45, 7) is 3.37. The Hall–Kier alpha value is -2.40. The molecule has 1 aromatic carbocycles. The maximum absolute atomic E-state index is 12.4. The summed E-state index contributed by atoms with van der Waals surface area (Å²) >= 11 is 1.68. The third kappa shape index (κ3) is 2.68. The van der Waals surface area contributed by atoms with E-state index in [1.807, 2.05) is 4.90 Å². The minimum absolute atomic E-state index is 0.0501. The van der Waals surface area contributed by atoms with Crippen LogP contribution in [0.2, 0.25) is 0 Å². The maximum Gasteiger partial charge on any atom is 0.289 e. The molecule has 0 atom stereocenters. The first kappa shape index (κ1) is 14.2. The summed E-state index contributed by atoms with van der Waals surface area (Å²) in [5.41, 5.74) is 3.50. The highest BCUT2D eigenvalue weighted by atomic mass is 32.1. The fourth-order valence-electron chi connectivity index (χ4n) is 2.74. The molecule has 3 heterocycles. The zero-order valence-electron chi connectivity index (χ0n) is 12.8. The van der Waals surface area contributed by atoms with Crippen LogP contribution in [-0.2, 0) is 13.0 Å². The molecule has 1 amide bonds. The first-order valence-corrected chi connectivity index (χ1v) is 8.41. The molecule has 1 aliphatic rings. The molecular formula is C18H16N2O2S. The molecule has 116 valence electrons. The van der Waals surface area contributed by atoms with Crippen molar-refractivity contribution in [1.82, 2.24) is 9.88 Å². The van der Waals surface area contributed by atoms with E-state index >= 15 is 0 Å². The number of nitrogens with zero attached hydrogens (tertiary/aromatic N) is 2. The second kappa shape index (κ2) is 5.66. The van der Waals surface area contributed by atoms with Crippen LogP contribution in [0.1, 0.15) is 26.7 Å². The lowest BCUT2D eigenvalue weighted by Gasteiger charge is -2.25. The number of aryl methyl sites for hydroxylation is 1. The minimum Gasteiger partial charge on any atom is -0.459 e. The Morgan fingerprint density at radius 2 is 2.09 bits per heavy atom. The highest BCUT2D eigenvalue weighted by molar-refractivity contribution is 7.15. The van der Waals surface area contributed by atoms with Crippen molar-refractivity contribution in [3.05, 3.63) is 64.6 Å². The van der Waals surface area contributed by atoms with E-state index in [0.29, 0.717) is 18.8 Å².